The van der Waals surface area contributed by atoms with Crippen LogP contribution in [0, 0.1) is 0 Å². The number of ketones is 1. The minimum Gasteiger partial charge on any atom is -0.381 e. The van der Waals surface area contributed by atoms with Crippen LogP contribution < -0.4 is 0 Å². The second-order valence-electron chi connectivity index (χ2n) is 1.74. The van der Waals surface area contributed by atoms with Gasteiger partial charge in [0, 0.05) is 4.48 Å². The van der Waals surface area contributed by atoms with Crippen molar-refractivity contribution in [1.82, 2.24) is 0 Å². The van der Waals surface area contributed by atoms with E-state index in [0.29, 0.717) is 4.48 Å². The van der Waals surface area contributed by atoms with E-state index in [9.17, 15) is 4.79 Å². The molecule has 0 aromatic carbocycles. The van der Waals surface area contributed by atoms with Crippen molar-refractivity contribution in [2.24, 2.45) is 0 Å². The highest BCUT2D eigenvalue weighted by atomic mass is 79.9. The Kier molecular flexibility index (Phi) is 1.83. The molecule has 1 unspecified atom stereocenters. The Morgan fingerprint density at radius 1 is 1.67 bits per heavy atom. The molecule has 0 aromatic rings. The molecule has 0 fully saturated rings. The molecule has 1 atom stereocenters. The van der Waals surface area contributed by atoms with Crippen LogP contribution in [0.4, 0.5) is 0 Å². The lowest BCUT2D eigenvalue weighted by Crippen LogP contribution is -2.17. The van der Waals surface area contributed by atoms with Gasteiger partial charge in [-0.05, 0) is 18.2 Å². The first kappa shape index (κ1) is 6.71. The van der Waals surface area contributed by atoms with Crippen LogP contribution in [0.15, 0.2) is 22.7 Å². The zero-order valence-corrected chi connectivity index (χ0v) is 6.13. The van der Waals surface area contributed by atoms with E-state index in [-0.39, 0.29) is 5.78 Å². The number of carbonyl (C=O) groups is 1. The zero-order valence-electron chi connectivity index (χ0n) is 4.54. The molecule has 1 rings (SSSR count). The average Bonchev–Trinajstić information content (AvgIpc) is 1.80. The SMILES string of the molecule is O=C1C=C(Br)C=CC1O. The first-order valence-electron chi connectivity index (χ1n) is 2.47. The van der Waals surface area contributed by atoms with Crippen LogP contribution in [0.25, 0.3) is 0 Å². The summed E-state index contributed by atoms with van der Waals surface area (Å²) in [5, 5.41) is 8.79. The number of rotatable bonds is 0. The second-order valence-corrected chi connectivity index (χ2v) is 2.65. The average molecular weight is 189 g/mol. The van der Waals surface area contributed by atoms with Gasteiger partial charge in [-0.1, -0.05) is 15.9 Å². The lowest BCUT2D eigenvalue weighted by Gasteiger charge is -2.04. The van der Waals surface area contributed by atoms with Crippen molar-refractivity contribution in [3.8, 4) is 0 Å². The minimum absolute atomic E-state index is 0.274. The van der Waals surface area contributed by atoms with Crippen molar-refractivity contribution < 1.29 is 9.90 Å². The summed E-state index contributed by atoms with van der Waals surface area (Å²) in [6.07, 6.45) is 3.50. The van der Waals surface area contributed by atoms with Crippen molar-refractivity contribution in [3.63, 3.8) is 0 Å². The maximum atomic E-state index is 10.6. The molecule has 0 aromatic heterocycles. The highest BCUT2D eigenvalue weighted by molar-refractivity contribution is 9.11. The molecule has 48 valence electrons. The Balaban J connectivity index is 2.82. The Labute approximate surface area is 61.0 Å². The van der Waals surface area contributed by atoms with Gasteiger partial charge in [0.15, 0.2) is 5.78 Å². The standard InChI is InChI=1S/C6H5BrO2/c7-4-1-2-5(8)6(9)3-4/h1-3,5,8H. The third-order valence-corrected chi connectivity index (χ3v) is 1.50. The smallest absolute Gasteiger partial charge is 0.189 e. The van der Waals surface area contributed by atoms with Gasteiger partial charge in [-0.25, -0.2) is 0 Å². The highest BCUT2D eigenvalue weighted by Crippen LogP contribution is 2.12. The summed E-state index contributed by atoms with van der Waals surface area (Å²) in [5.74, 6) is -0.274. The van der Waals surface area contributed by atoms with Crippen LogP contribution in [0.3, 0.4) is 0 Å². The predicted octanol–water partition coefficient (Wildman–Crippen LogP) is 0.765. The quantitative estimate of drug-likeness (QED) is 0.610. The largest absolute Gasteiger partial charge is 0.381 e. The van der Waals surface area contributed by atoms with E-state index < -0.39 is 6.10 Å². The normalized spacial score (nSPS) is 26.2. The number of halogens is 1. The molecule has 0 spiro atoms. The monoisotopic (exact) mass is 188 g/mol. The van der Waals surface area contributed by atoms with Crippen LogP contribution in [-0.4, -0.2) is 17.0 Å². The number of aliphatic hydroxyl groups is 1. The third kappa shape index (κ3) is 1.50. The maximum Gasteiger partial charge on any atom is 0.189 e. The lowest BCUT2D eigenvalue weighted by atomic mass is 10.1. The lowest BCUT2D eigenvalue weighted by molar-refractivity contribution is -0.120. The summed E-state index contributed by atoms with van der Waals surface area (Å²) in [5.41, 5.74) is 0. The molecule has 0 saturated carbocycles. The van der Waals surface area contributed by atoms with Crippen LogP contribution in [0.2, 0.25) is 0 Å². The summed E-state index contributed by atoms with van der Waals surface area (Å²) in [4.78, 5) is 10.6. The molecule has 1 aliphatic carbocycles. The van der Waals surface area contributed by atoms with E-state index in [2.05, 4.69) is 15.9 Å². The van der Waals surface area contributed by atoms with Gasteiger partial charge in [0.2, 0.25) is 0 Å². The highest BCUT2D eigenvalue weighted by Gasteiger charge is 2.11. The summed E-state index contributed by atoms with van der Waals surface area (Å²) in [6, 6.07) is 0. The van der Waals surface area contributed by atoms with Crippen LogP contribution in [-0.2, 0) is 4.79 Å². The van der Waals surface area contributed by atoms with Gasteiger partial charge in [0.05, 0.1) is 0 Å². The predicted molar refractivity (Wildman–Crippen MR) is 37.2 cm³/mol. The van der Waals surface area contributed by atoms with Crippen LogP contribution >= 0.6 is 15.9 Å². The summed E-state index contributed by atoms with van der Waals surface area (Å²) in [6.45, 7) is 0. The first-order valence-corrected chi connectivity index (χ1v) is 3.27. The molecule has 9 heavy (non-hydrogen) atoms. The van der Waals surface area contributed by atoms with Crippen molar-refractivity contribution in [2.75, 3.05) is 0 Å². The first-order chi connectivity index (χ1) is 4.20. The van der Waals surface area contributed by atoms with Gasteiger partial charge in [0.25, 0.3) is 0 Å². The van der Waals surface area contributed by atoms with E-state index in [1.165, 1.54) is 12.2 Å². The number of aliphatic hydroxyl groups excluding tert-OH is 1. The summed E-state index contributed by atoms with van der Waals surface area (Å²) >= 11 is 3.10. The summed E-state index contributed by atoms with van der Waals surface area (Å²) in [7, 11) is 0. The van der Waals surface area contributed by atoms with Gasteiger partial charge in [0.1, 0.15) is 6.10 Å². The second kappa shape index (κ2) is 2.45. The van der Waals surface area contributed by atoms with Crippen LogP contribution in [0.5, 0.6) is 0 Å². The van der Waals surface area contributed by atoms with E-state index in [0.717, 1.165) is 0 Å². The van der Waals surface area contributed by atoms with Crippen molar-refractivity contribution in [3.05, 3.63) is 22.7 Å². The molecule has 0 amide bonds. The molecule has 1 N–H and O–H groups in total. The Morgan fingerprint density at radius 2 is 2.33 bits per heavy atom. The minimum atomic E-state index is -0.939. The third-order valence-electron chi connectivity index (χ3n) is 1.01. The fraction of sp³-hybridized carbons (Fsp3) is 0.167. The Bertz CT molecular complexity index is 193. The molecule has 0 aliphatic heterocycles. The van der Waals surface area contributed by atoms with Crippen molar-refractivity contribution in [2.45, 2.75) is 6.10 Å². The fourth-order valence-electron chi connectivity index (χ4n) is 0.547. The van der Waals surface area contributed by atoms with E-state index >= 15 is 0 Å². The van der Waals surface area contributed by atoms with Gasteiger partial charge in [-0.15, -0.1) is 0 Å². The number of hydrogen-bond donors (Lipinski definition) is 1. The van der Waals surface area contributed by atoms with Gasteiger partial charge < -0.3 is 5.11 Å². The molecule has 3 heteroatoms. The van der Waals surface area contributed by atoms with Crippen molar-refractivity contribution >= 4 is 21.7 Å². The molecule has 0 radical (unpaired) electrons. The van der Waals surface area contributed by atoms with E-state index in [1.807, 2.05) is 0 Å². The van der Waals surface area contributed by atoms with Crippen molar-refractivity contribution in [1.29, 1.82) is 0 Å². The molecule has 0 saturated heterocycles. The van der Waals surface area contributed by atoms with E-state index in [1.54, 1.807) is 6.08 Å². The number of carbonyl (C=O) groups excluding carboxylic acids is 1. The van der Waals surface area contributed by atoms with Gasteiger partial charge >= 0.3 is 0 Å². The fourth-order valence-corrected chi connectivity index (χ4v) is 0.926. The molecule has 0 heterocycles. The Hall–Kier alpha value is -0.410. The molecular formula is C6H5BrO2. The van der Waals surface area contributed by atoms with Gasteiger partial charge in [-0.2, -0.15) is 0 Å². The summed E-state index contributed by atoms with van der Waals surface area (Å²) < 4.78 is 0.706. The topological polar surface area (TPSA) is 37.3 Å². The molecule has 0 bridgehead atoms. The number of hydrogen-bond acceptors (Lipinski definition) is 2. The number of allylic oxidation sites excluding steroid dienone is 2. The maximum absolute atomic E-state index is 10.6. The van der Waals surface area contributed by atoms with Gasteiger partial charge in [-0.3, -0.25) is 4.79 Å². The molecule has 2 nitrogen and oxygen atoms in total. The molecule has 1 aliphatic rings. The molecular weight excluding hydrogens is 184 g/mol. The van der Waals surface area contributed by atoms with E-state index in [4.69, 9.17) is 5.11 Å². The zero-order chi connectivity index (χ0) is 6.85. The van der Waals surface area contributed by atoms with Crippen LogP contribution in [0.1, 0.15) is 0 Å². The Morgan fingerprint density at radius 3 is 2.78 bits per heavy atom.